The molecule has 1 unspecified atom stereocenters. The summed E-state index contributed by atoms with van der Waals surface area (Å²) in [7, 11) is 0. The van der Waals surface area contributed by atoms with Gasteiger partial charge in [0.1, 0.15) is 17.7 Å². The summed E-state index contributed by atoms with van der Waals surface area (Å²) in [5.74, 6) is 0.442. The van der Waals surface area contributed by atoms with Gasteiger partial charge in [-0.3, -0.25) is 0 Å². The second kappa shape index (κ2) is 8.29. The number of imidazole rings is 1. The molecule has 3 rings (SSSR count). The summed E-state index contributed by atoms with van der Waals surface area (Å²) in [6, 6.07) is 16.4. The largest absolute Gasteiger partial charge is 0.486 e. The monoisotopic (exact) mass is 324 g/mol. The van der Waals surface area contributed by atoms with Crippen LogP contribution < -0.4 is 4.74 Å². The Hall–Kier alpha value is -2.62. The van der Waals surface area contributed by atoms with E-state index in [9.17, 15) is 4.39 Å². The number of benzene rings is 2. The molecule has 0 aliphatic carbocycles. The minimum Gasteiger partial charge on any atom is -0.486 e. The standard InChI is InChI=1S/C20H21FN2O/c21-17-10-12-19(13-11-17)24-20(16-6-2-1-3-7-16)9-5-4-8-18-14-22-15-23-18/h1-3,6-7,10-15,20H,4-5,8-9H2,(H,22,23). The fourth-order valence-corrected chi connectivity index (χ4v) is 2.71. The third kappa shape index (κ3) is 4.69. The van der Waals surface area contributed by atoms with Gasteiger partial charge in [-0.25, -0.2) is 9.37 Å². The lowest BCUT2D eigenvalue weighted by Crippen LogP contribution is -2.08. The van der Waals surface area contributed by atoms with Crippen LogP contribution >= 0.6 is 0 Å². The average Bonchev–Trinajstić information content (AvgIpc) is 3.13. The number of nitrogens with one attached hydrogen (secondary N) is 1. The van der Waals surface area contributed by atoms with Crippen molar-refractivity contribution in [3.8, 4) is 5.75 Å². The second-order valence-electron chi connectivity index (χ2n) is 5.79. The normalized spacial score (nSPS) is 12.0. The molecule has 1 heterocycles. The van der Waals surface area contributed by atoms with Crippen LogP contribution in [0.1, 0.15) is 36.6 Å². The van der Waals surface area contributed by atoms with Crippen molar-refractivity contribution in [1.29, 1.82) is 0 Å². The van der Waals surface area contributed by atoms with Crippen LogP contribution in [0.15, 0.2) is 67.1 Å². The van der Waals surface area contributed by atoms with E-state index in [-0.39, 0.29) is 11.9 Å². The van der Waals surface area contributed by atoms with Crippen LogP contribution in [-0.4, -0.2) is 9.97 Å². The van der Waals surface area contributed by atoms with Crippen LogP contribution in [0.4, 0.5) is 4.39 Å². The van der Waals surface area contributed by atoms with Crippen molar-refractivity contribution in [2.75, 3.05) is 0 Å². The van der Waals surface area contributed by atoms with Crippen molar-refractivity contribution in [3.63, 3.8) is 0 Å². The molecular weight excluding hydrogens is 303 g/mol. The average molecular weight is 324 g/mol. The van der Waals surface area contributed by atoms with Gasteiger partial charge in [0.15, 0.2) is 0 Å². The number of halogens is 1. The molecule has 1 atom stereocenters. The van der Waals surface area contributed by atoms with Gasteiger partial charge in [0.05, 0.1) is 6.33 Å². The Balaban J connectivity index is 1.60. The molecule has 0 spiro atoms. The first-order valence-electron chi connectivity index (χ1n) is 8.26. The van der Waals surface area contributed by atoms with E-state index in [1.807, 2.05) is 24.4 Å². The van der Waals surface area contributed by atoms with Crippen LogP contribution in [0.5, 0.6) is 5.75 Å². The summed E-state index contributed by atoms with van der Waals surface area (Å²) in [6.07, 6.45) is 7.55. The first kappa shape index (κ1) is 16.2. The summed E-state index contributed by atoms with van der Waals surface area (Å²) in [5.41, 5.74) is 2.30. The van der Waals surface area contributed by atoms with E-state index in [1.54, 1.807) is 18.5 Å². The fraction of sp³-hybridized carbons (Fsp3) is 0.250. The van der Waals surface area contributed by atoms with Gasteiger partial charge in [-0.05, 0) is 55.5 Å². The van der Waals surface area contributed by atoms with Gasteiger partial charge >= 0.3 is 0 Å². The third-order valence-corrected chi connectivity index (χ3v) is 3.98. The lowest BCUT2D eigenvalue weighted by Gasteiger charge is -2.19. The van der Waals surface area contributed by atoms with Gasteiger partial charge in [0.2, 0.25) is 0 Å². The van der Waals surface area contributed by atoms with Gasteiger partial charge in [0.25, 0.3) is 0 Å². The maximum absolute atomic E-state index is 13.1. The highest BCUT2D eigenvalue weighted by molar-refractivity contribution is 5.25. The summed E-state index contributed by atoms with van der Waals surface area (Å²) >= 11 is 0. The number of rotatable bonds is 8. The maximum atomic E-state index is 13.1. The predicted octanol–water partition coefficient (Wildman–Crippen LogP) is 5.08. The summed E-state index contributed by atoms with van der Waals surface area (Å²) in [4.78, 5) is 7.16. The van der Waals surface area contributed by atoms with Crippen LogP contribution in [0, 0.1) is 5.82 Å². The van der Waals surface area contributed by atoms with Crippen LogP contribution in [-0.2, 0) is 6.42 Å². The van der Waals surface area contributed by atoms with E-state index >= 15 is 0 Å². The molecule has 0 amide bonds. The first-order valence-corrected chi connectivity index (χ1v) is 8.26. The lowest BCUT2D eigenvalue weighted by molar-refractivity contribution is 0.190. The highest BCUT2D eigenvalue weighted by Gasteiger charge is 2.13. The van der Waals surface area contributed by atoms with E-state index in [1.165, 1.54) is 12.1 Å². The minimum absolute atomic E-state index is 0.0292. The van der Waals surface area contributed by atoms with E-state index in [2.05, 4.69) is 22.1 Å². The molecule has 2 aromatic carbocycles. The number of aromatic nitrogens is 2. The van der Waals surface area contributed by atoms with Crippen LogP contribution in [0.2, 0.25) is 0 Å². The predicted molar refractivity (Wildman–Crippen MR) is 92.4 cm³/mol. The zero-order chi connectivity index (χ0) is 16.6. The van der Waals surface area contributed by atoms with E-state index < -0.39 is 0 Å². The Morgan fingerprint density at radius 2 is 1.79 bits per heavy atom. The molecule has 3 aromatic rings. The van der Waals surface area contributed by atoms with E-state index in [0.717, 1.165) is 36.9 Å². The molecule has 0 radical (unpaired) electrons. The SMILES string of the molecule is Fc1ccc(OC(CCCCc2cnc[nH]2)c2ccccc2)cc1. The smallest absolute Gasteiger partial charge is 0.124 e. The molecule has 24 heavy (non-hydrogen) atoms. The maximum Gasteiger partial charge on any atom is 0.124 e. The number of nitrogens with zero attached hydrogens (tertiary/aromatic N) is 1. The molecule has 0 bridgehead atoms. The van der Waals surface area contributed by atoms with Crippen molar-refractivity contribution in [2.24, 2.45) is 0 Å². The van der Waals surface area contributed by atoms with Gasteiger partial charge in [-0.1, -0.05) is 30.3 Å². The van der Waals surface area contributed by atoms with Crippen molar-refractivity contribution in [3.05, 3.63) is 84.2 Å². The Morgan fingerprint density at radius 3 is 2.50 bits per heavy atom. The second-order valence-corrected chi connectivity index (χ2v) is 5.79. The Kier molecular flexibility index (Phi) is 5.61. The zero-order valence-corrected chi connectivity index (χ0v) is 13.5. The molecule has 0 fully saturated rings. The van der Waals surface area contributed by atoms with Crippen molar-refractivity contribution >= 4 is 0 Å². The van der Waals surface area contributed by atoms with Crippen LogP contribution in [0.25, 0.3) is 0 Å². The summed E-state index contributed by atoms with van der Waals surface area (Å²) < 4.78 is 19.2. The third-order valence-electron chi connectivity index (χ3n) is 3.98. The molecule has 3 nitrogen and oxygen atoms in total. The van der Waals surface area contributed by atoms with Gasteiger partial charge in [0, 0.05) is 11.9 Å². The zero-order valence-electron chi connectivity index (χ0n) is 13.5. The van der Waals surface area contributed by atoms with E-state index in [4.69, 9.17) is 4.74 Å². The van der Waals surface area contributed by atoms with Crippen molar-refractivity contribution in [1.82, 2.24) is 9.97 Å². The summed E-state index contributed by atoms with van der Waals surface area (Å²) in [6.45, 7) is 0. The molecule has 1 aromatic heterocycles. The minimum atomic E-state index is -0.252. The topological polar surface area (TPSA) is 37.9 Å². The number of aryl methyl sites for hydroxylation is 1. The van der Waals surface area contributed by atoms with Crippen LogP contribution in [0.3, 0.4) is 0 Å². The molecule has 4 heteroatoms. The lowest BCUT2D eigenvalue weighted by atomic mass is 10.0. The fourth-order valence-electron chi connectivity index (χ4n) is 2.71. The molecule has 0 saturated carbocycles. The molecule has 0 saturated heterocycles. The highest BCUT2D eigenvalue weighted by atomic mass is 19.1. The highest BCUT2D eigenvalue weighted by Crippen LogP contribution is 2.27. The van der Waals surface area contributed by atoms with Gasteiger partial charge in [-0.2, -0.15) is 0 Å². The summed E-state index contributed by atoms with van der Waals surface area (Å²) in [5, 5.41) is 0. The Morgan fingerprint density at radius 1 is 1.00 bits per heavy atom. The molecular formula is C20H21FN2O. The van der Waals surface area contributed by atoms with Crippen molar-refractivity contribution < 1.29 is 9.13 Å². The Bertz CT molecular complexity index is 711. The number of hydrogen-bond acceptors (Lipinski definition) is 2. The number of unbranched alkanes of at least 4 members (excludes halogenated alkanes) is 1. The van der Waals surface area contributed by atoms with Gasteiger partial charge in [-0.15, -0.1) is 0 Å². The molecule has 124 valence electrons. The quantitative estimate of drug-likeness (QED) is 0.587. The first-order chi connectivity index (χ1) is 11.8. The number of hydrogen-bond donors (Lipinski definition) is 1. The molecule has 1 N–H and O–H groups in total. The molecule has 0 aliphatic heterocycles. The number of H-pyrrole nitrogens is 1. The number of ether oxygens (including phenoxy) is 1. The van der Waals surface area contributed by atoms with Crippen molar-refractivity contribution in [2.45, 2.75) is 31.8 Å². The van der Waals surface area contributed by atoms with E-state index in [0.29, 0.717) is 5.75 Å². The number of aromatic amines is 1. The Labute approximate surface area is 141 Å². The van der Waals surface area contributed by atoms with Gasteiger partial charge < -0.3 is 9.72 Å². The molecule has 0 aliphatic rings.